The van der Waals surface area contributed by atoms with Gasteiger partial charge in [0.2, 0.25) is 11.8 Å². The lowest BCUT2D eigenvalue weighted by Gasteiger charge is -2.31. The number of rotatable bonds is 7. The standard InChI is InChI=1S/C22H31N3O3/c1-2-3-13-23-22(28)18-11-7-8-12-19(18)24-21(27)16-14-20(26)25(15-16)17-9-5-4-6-10-17/h7-8,11-12,16-17H,2-6,9-10,13-15H2,1H3,(H,23,28)(H,24,27)/t16-/m1/s1. The maximum absolute atomic E-state index is 12.8. The fourth-order valence-electron chi connectivity index (χ4n) is 4.15. The van der Waals surface area contributed by atoms with Crippen LogP contribution < -0.4 is 10.6 Å². The molecule has 1 saturated carbocycles. The number of amides is 3. The van der Waals surface area contributed by atoms with E-state index in [0.717, 1.165) is 38.5 Å². The zero-order valence-corrected chi connectivity index (χ0v) is 16.7. The van der Waals surface area contributed by atoms with E-state index in [1.54, 1.807) is 24.3 Å². The van der Waals surface area contributed by atoms with E-state index in [-0.39, 0.29) is 36.1 Å². The molecule has 6 nitrogen and oxygen atoms in total. The van der Waals surface area contributed by atoms with E-state index >= 15 is 0 Å². The van der Waals surface area contributed by atoms with Crippen LogP contribution in [0.15, 0.2) is 24.3 Å². The molecule has 0 unspecified atom stereocenters. The number of hydrogen-bond donors (Lipinski definition) is 2. The molecule has 1 aliphatic heterocycles. The van der Waals surface area contributed by atoms with Gasteiger partial charge in [-0.25, -0.2) is 0 Å². The van der Waals surface area contributed by atoms with Gasteiger partial charge >= 0.3 is 0 Å². The summed E-state index contributed by atoms with van der Waals surface area (Å²) in [5, 5.41) is 5.78. The van der Waals surface area contributed by atoms with Crippen molar-refractivity contribution in [3.05, 3.63) is 29.8 Å². The highest BCUT2D eigenvalue weighted by Gasteiger charge is 2.38. The lowest BCUT2D eigenvalue weighted by molar-refractivity contribution is -0.130. The van der Waals surface area contributed by atoms with E-state index in [2.05, 4.69) is 17.6 Å². The lowest BCUT2D eigenvalue weighted by Crippen LogP contribution is -2.38. The van der Waals surface area contributed by atoms with E-state index in [4.69, 9.17) is 0 Å². The normalized spacial score (nSPS) is 20.2. The molecule has 1 aromatic carbocycles. The minimum Gasteiger partial charge on any atom is -0.352 e. The molecule has 2 aliphatic rings. The van der Waals surface area contributed by atoms with E-state index < -0.39 is 0 Å². The Morgan fingerprint density at radius 3 is 2.64 bits per heavy atom. The van der Waals surface area contributed by atoms with Gasteiger partial charge in [-0.15, -0.1) is 0 Å². The van der Waals surface area contributed by atoms with Crippen molar-refractivity contribution in [1.29, 1.82) is 0 Å². The first-order chi connectivity index (χ1) is 13.6. The van der Waals surface area contributed by atoms with Crippen molar-refractivity contribution in [1.82, 2.24) is 10.2 Å². The highest BCUT2D eigenvalue weighted by molar-refractivity contribution is 6.05. The van der Waals surface area contributed by atoms with E-state index in [9.17, 15) is 14.4 Å². The van der Waals surface area contributed by atoms with E-state index in [1.807, 2.05) is 4.90 Å². The quantitative estimate of drug-likeness (QED) is 0.707. The first-order valence-electron chi connectivity index (χ1n) is 10.6. The maximum Gasteiger partial charge on any atom is 0.253 e. The zero-order chi connectivity index (χ0) is 19.9. The van der Waals surface area contributed by atoms with Gasteiger partial charge in [-0.2, -0.15) is 0 Å². The second-order valence-corrected chi connectivity index (χ2v) is 7.88. The van der Waals surface area contributed by atoms with E-state index in [1.165, 1.54) is 6.42 Å². The summed E-state index contributed by atoms with van der Waals surface area (Å²) in [4.78, 5) is 39.6. The Balaban J connectivity index is 1.62. The van der Waals surface area contributed by atoms with Crippen molar-refractivity contribution in [2.24, 2.45) is 5.92 Å². The van der Waals surface area contributed by atoms with Gasteiger partial charge in [0.25, 0.3) is 5.91 Å². The topological polar surface area (TPSA) is 78.5 Å². The molecular weight excluding hydrogens is 354 g/mol. The molecule has 0 bridgehead atoms. The average molecular weight is 386 g/mol. The predicted octanol–water partition coefficient (Wildman–Crippen LogP) is 3.34. The summed E-state index contributed by atoms with van der Waals surface area (Å²) in [5.41, 5.74) is 0.963. The first kappa shape index (κ1) is 20.4. The third-order valence-corrected chi connectivity index (χ3v) is 5.79. The van der Waals surface area contributed by atoms with Crippen LogP contribution in [-0.2, 0) is 9.59 Å². The number of benzene rings is 1. The molecule has 0 spiro atoms. The third-order valence-electron chi connectivity index (χ3n) is 5.79. The van der Waals surface area contributed by atoms with Crippen LogP contribution >= 0.6 is 0 Å². The summed E-state index contributed by atoms with van der Waals surface area (Å²) in [6, 6.07) is 7.32. The molecule has 0 radical (unpaired) electrons. The van der Waals surface area contributed by atoms with Crippen LogP contribution in [0.4, 0.5) is 5.69 Å². The molecule has 3 rings (SSSR count). The summed E-state index contributed by atoms with van der Waals surface area (Å²) >= 11 is 0. The number of hydrogen-bond acceptors (Lipinski definition) is 3. The Morgan fingerprint density at radius 2 is 1.89 bits per heavy atom. The number of likely N-dealkylation sites (tertiary alicyclic amines) is 1. The van der Waals surface area contributed by atoms with Gasteiger partial charge in [0, 0.05) is 25.6 Å². The van der Waals surface area contributed by atoms with Crippen LogP contribution in [0, 0.1) is 5.92 Å². The van der Waals surface area contributed by atoms with Crippen molar-refractivity contribution in [3.63, 3.8) is 0 Å². The van der Waals surface area contributed by atoms with Crippen LogP contribution in [0.25, 0.3) is 0 Å². The Labute approximate surface area is 167 Å². The Kier molecular flexibility index (Phi) is 7.06. The number of unbranched alkanes of at least 4 members (excludes halogenated alkanes) is 1. The third kappa shape index (κ3) is 4.91. The smallest absolute Gasteiger partial charge is 0.253 e. The number of carbonyl (C=O) groups is 3. The second-order valence-electron chi connectivity index (χ2n) is 7.88. The van der Waals surface area contributed by atoms with Crippen LogP contribution in [-0.4, -0.2) is 41.8 Å². The van der Waals surface area contributed by atoms with Gasteiger partial charge in [-0.1, -0.05) is 44.7 Å². The molecule has 1 aromatic rings. The van der Waals surface area contributed by atoms with Crippen molar-refractivity contribution in [2.75, 3.05) is 18.4 Å². The largest absolute Gasteiger partial charge is 0.352 e. The number of nitrogens with zero attached hydrogens (tertiary/aromatic N) is 1. The van der Waals surface area contributed by atoms with Crippen molar-refractivity contribution < 1.29 is 14.4 Å². The summed E-state index contributed by atoms with van der Waals surface area (Å²) in [6.45, 7) is 3.17. The Hall–Kier alpha value is -2.37. The highest BCUT2D eigenvalue weighted by Crippen LogP contribution is 2.29. The van der Waals surface area contributed by atoms with Crippen LogP contribution in [0.3, 0.4) is 0 Å². The van der Waals surface area contributed by atoms with Gasteiger partial charge in [0.15, 0.2) is 0 Å². The van der Waals surface area contributed by atoms with Crippen molar-refractivity contribution >= 4 is 23.4 Å². The van der Waals surface area contributed by atoms with Gasteiger partial charge in [0.05, 0.1) is 17.2 Å². The SMILES string of the molecule is CCCCNC(=O)c1ccccc1NC(=O)[C@@H]1CC(=O)N(C2CCCCC2)C1. The van der Waals surface area contributed by atoms with Gasteiger partial charge < -0.3 is 15.5 Å². The Bertz CT molecular complexity index is 713. The van der Waals surface area contributed by atoms with Crippen LogP contribution in [0.5, 0.6) is 0 Å². The second kappa shape index (κ2) is 9.71. The minimum absolute atomic E-state index is 0.0812. The summed E-state index contributed by atoms with van der Waals surface area (Å²) in [5.74, 6) is -0.639. The lowest BCUT2D eigenvalue weighted by atomic mass is 9.94. The summed E-state index contributed by atoms with van der Waals surface area (Å²) < 4.78 is 0. The van der Waals surface area contributed by atoms with Crippen molar-refractivity contribution in [2.45, 2.75) is 64.3 Å². The molecule has 2 N–H and O–H groups in total. The number of carbonyl (C=O) groups excluding carboxylic acids is 3. The molecule has 152 valence electrons. The Morgan fingerprint density at radius 1 is 1.14 bits per heavy atom. The van der Waals surface area contributed by atoms with Gasteiger partial charge in [-0.05, 0) is 31.4 Å². The molecule has 6 heteroatoms. The maximum atomic E-state index is 12.8. The number of nitrogens with one attached hydrogen (secondary N) is 2. The minimum atomic E-state index is -0.356. The molecule has 28 heavy (non-hydrogen) atoms. The zero-order valence-electron chi connectivity index (χ0n) is 16.7. The molecular formula is C22H31N3O3. The number of anilines is 1. The predicted molar refractivity (Wildman–Crippen MR) is 109 cm³/mol. The van der Waals surface area contributed by atoms with E-state index in [0.29, 0.717) is 24.3 Å². The average Bonchev–Trinajstić information content (AvgIpc) is 3.11. The molecule has 3 amide bonds. The fraction of sp³-hybridized carbons (Fsp3) is 0.591. The summed E-state index contributed by atoms with van der Waals surface area (Å²) in [7, 11) is 0. The molecule has 2 fully saturated rings. The van der Waals surface area contributed by atoms with Crippen molar-refractivity contribution in [3.8, 4) is 0 Å². The van der Waals surface area contributed by atoms with Gasteiger partial charge in [0.1, 0.15) is 0 Å². The first-order valence-corrected chi connectivity index (χ1v) is 10.6. The van der Waals surface area contributed by atoms with Crippen LogP contribution in [0.2, 0.25) is 0 Å². The fourth-order valence-corrected chi connectivity index (χ4v) is 4.15. The molecule has 1 aliphatic carbocycles. The molecule has 0 aromatic heterocycles. The molecule has 1 atom stereocenters. The number of para-hydroxylation sites is 1. The summed E-state index contributed by atoms with van der Waals surface area (Å²) in [6.07, 6.45) is 7.82. The molecule has 1 saturated heterocycles. The van der Waals surface area contributed by atoms with Gasteiger partial charge in [-0.3, -0.25) is 14.4 Å². The monoisotopic (exact) mass is 385 g/mol. The van der Waals surface area contributed by atoms with Crippen LogP contribution in [0.1, 0.15) is 68.6 Å². The highest BCUT2D eigenvalue weighted by atomic mass is 16.2. The molecule has 1 heterocycles.